The van der Waals surface area contributed by atoms with E-state index < -0.39 is 0 Å². The standard InChI is InChI=1S/C12H25NO/c1-11(2,3)13(5)8-6-12(4)7-9-14-10-12/h6-10H2,1-5H3. The number of ether oxygens (including phenoxy) is 1. The maximum absolute atomic E-state index is 5.46. The van der Waals surface area contributed by atoms with E-state index in [1.54, 1.807) is 0 Å². The largest absolute Gasteiger partial charge is 0.381 e. The lowest BCUT2D eigenvalue weighted by atomic mass is 9.86. The first-order valence-corrected chi connectivity index (χ1v) is 5.63. The van der Waals surface area contributed by atoms with Crippen molar-refractivity contribution in [3.8, 4) is 0 Å². The first-order valence-electron chi connectivity index (χ1n) is 5.63. The summed E-state index contributed by atoms with van der Waals surface area (Å²) in [5.74, 6) is 0. The van der Waals surface area contributed by atoms with E-state index in [0.717, 1.165) is 13.2 Å². The van der Waals surface area contributed by atoms with Gasteiger partial charge in [0, 0.05) is 12.1 Å². The van der Waals surface area contributed by atoms with Crippen LogP contribution in [0.25, 0.3) is 0 Å². The highest BCUT2D eigenvalue weighted by Gasteiger charge is 2.30. The topological polar surface area (TPSA) is 12.5 Å². The summed E-state index contributed by atoms with van der Waals surface area (Å²) in [5.41, 5.74) is 0.718. The predicted octanol–water partition coefficient (Wildman–Crippen LogP) is 2.53. The van der Waals surface area contributed by atoms with Crippen molar-refractivity contribution < 1.29 is 4.74 Å². The van der Waals surface area contributed by atoms with Gasteiger partial charge in [-0.05, 0) is 52.6 Å². The molecule has 2 nitrogen and oxygen atoms in total. The monoisotopic (exact) mass is 199 g/mol. The molecule has 0 aromatic carbocycles. The van der Waals surface area contributed by atoms with Crippen molar-refractivity contribution in [2.45, 2.75) is 46.1 Å². The summed E-state index contributed by atoms with van der Waals surface area (Å²) in [5, 5.41) is 0. The summed E-state index contributed by atoms with van der Waals surface area (Å²) in [7, 11) is 2.21. The third-order valence-electron chi connectivity index (χ3n) is 3.50. The van der Waals surface area contributed by atoms with Crippen LogP contribution in [0.15, 0.2) is 0 Å². The van der Waals surface area contributed by atoms with Gasteiger partial charge in [-0.2, -0.15) is 0 Å². The van der Waals surface area contributed by atoms with Gasteiger partial charge in [0.1, 0.15) is 0 Å². The van der Waals surface area contributed by atoms with E-state index in [9.17, 15) is 0 Å². The van der Waals surface area contributed by atoms with Crippen LogP contribution in [0, 0.1) is 5.41 Å². The molecule has 1 aliphatic rings. The van der Waals surface area contributed by atoms with E-state index in [4.69, 9.17) is 4.74 Å². The van der Waals surface area contributed by atoms with Crippen LogP contribution in [0.1, 0.15) is 40.5 Å². The Morgan fingerprint density at radius 2 is 2.00 bits per heavy atom. The number of hydrogen-bond donors (Lipinski definition) is 0. The average Bonchev–Trinajstić information content (AvgIpc) is 2.47. The molecule has 0 spiro atoms. The molecule has 0 aromatic heterocycles. The fraction of sp³-hybridized carbons (Fsp3) is 1.00. The zero-order valence-electron chi connectivity index (χ0n) is 10.4. The molecule has 14 heavy (non-hydrogen) atoms. The maximum Gasteiger partial charge on any atom is 0.0521 e. The summed E-state index contributed by atoms with van der Waals surface area (Å²) in [4.78, 5) is 2.43. The smallest absolute Gasteiger partial charge is 0.0521 e. The fourth-order valence-corrected chi connectivity index (χ4v) is 1.68. The zero-order chi connectivity index (χ0) is 10.8. The molecule has 1 rings (SSSR count). The van der Waals surface area contributed by atoms with Crippen LogP contribution in [0.4, 0.5) is 0 Å². The van der Waals surface area contributed by atoms with Gasteiger partial charge >= 0.3 is 0 Å². The lowest BCUT2D eigenvalue weighted by Gasteiger charge is -2.34. The van der Waals surface area contributed by atoms with Crippen LogP contribution in [0.3, 0.4) is 0 Å². The van der Waals surface area contributed by atoms with Gasteiger partial charge in [-0.15, -0.1) is 0 Å². The van der Waals surface area contributed by atoms with E-state index in [-0.39, 0.29) is 5.54 Å². The summed E-state index contributed by atoms with van der Waals surface area (Å²) in [6.07, 6.45) is 2.48. The minimum atomic E-state index is 0.288. The second-order valence-corrected chi connectivity index (χ2v) is 5.96. The number of rotatable bonds is 3. The Morgan fingerprint density at radius 1 is 1.36 bits per heavy atom. The van der Waals surface area contributed by atoms with Crippen molar-refractivity contribution in [1.29, 1.82) is 0 Å². The van der Waals surface area contributed by atoms with Crippen LogP contribution in [0.2, 0.25) is 0 Å². The molecule has 0 bridgehead atoms. The molecular formula is C12H25NO. The highest BCUT2D eigenvalue weighted by atomic mass is 16.5. The molecule has 1 heterocycles. The SMILES string of the molecule is CN(CCC1(C)CCOC1)C(C)(C)C. The molecule has 0 aliphatic carbocycles. The molecule has 1 aliphatic heterocycles. The number of nitrogens with zero attached hydrogens (tertiary/aromatic N) is 1. The summed E-state index contributed by atoms with van der Waals surface area (Å²) >= 11 is 0. The molecule has 84 valence electrons. The van der Waals surface area contributed by atoms with Crippen molar-refractivity contribution in [3.63, 3.8) is 0 Å². The third kappa shape index (κ3) is 3.25. The molecule has 0 saturated carbocycles. The molecule has 1 atom stereocenters. The van der Waals surface area contributed by atoms with Gasteiger partial charge in [0.05, 0.1) is 6.61 Å². The Hall–Kier alpha value is -0.0800. The van der Waals surface area contributed by atoms with Gasteiger partial charge in [-0.3, -0.25) is 0 Å². The van der Waals surface area contributed by atoms with Crippen molar-refractivity contribution >= 4 is 0 Å². The Kier molecular flexibility index (Phi) is 3.59. The number of hydrogen-bond acceptors (Lipinski definition) is 2. The van der Waals surface area contributed by atoms with Gasteiger partial charge in [-0.1, -0.05) is 6.92 Å². The van der Waals surface area contributed by atoms with Gasteiger partial charge in [0.25, 0.3) is 0 Å². The second-order valence-electron chi connectivity index (χ2n) is 5.96. The van der Waals surface area contributed by atoms with E-state index in [1.807, 2.05) is 0 Å². The fourth-order valence-electron chi connectivity index (χ4n) is 1.68. The zero-order valence-corrected chi connectivity index (χ0v) is 10.4. The van der Waals surface area contributed by atoms with Gasteiger partial charge in [0.2, 0.25) is 0 Å². The molecule has 0 amide bonds. The van der Waals surface area contributed by atoms with Crippen LogP contribution in [-0.2, 0) is 4.74 Å². The van der Waals surface area contributed by atoms with E-state index in [2.05, 4.69) is 39.6 Å². The highest BCUT2D eigenvalue weighted by Crippen LogP contribution is 2.32. The minimum Gasteiger partial charge on any atom is -0.381 e. The lowest BCUT2D eigenvalue weighted by Crippen LogP contribution is -2.40. The predicted molar refractivity (Wildman–Crippen MR) is 60.5 cm³/mol. The van der Waals surface area contributed by atoms with Crippen molar-refractivity contribution in [2.24, 2.45) is 5.41 Å². The molecule has 1 unspecified atom stereocenters. The quantitative estimate of drug-likeness (QED) is 0.692. The molecule has 1 fully saturated rings. The Labute approximate surface area is 88.6 Å². The Balaban J connectivity index is 2.33. The summed E-state index contributed by atoms with van der Waals surface area (Å²) in [6, 6.07) is 0. The first kappa shape index (κ1) is 12.0. The van der Waals surface area contributed by atoms with Gasteiger partial charge < -0.3 is 9.64 Å². The normalized spacial score (nSPS) is 28.7. The highest BCUT2D eigenvalue weighted by molar-refractivity contribution is 4.81. The third-order valence-corrected chi connectivity index (χ3v) is 3.50. The lowest BCUT2D eigenvalue weighted by molar-refractivity contribution is 0.121. The van der Waals surface area contributed by atoms with E-state index >= 15 is 0 Å². The van der Waals surface area contributed by atoms with Gasteiger partial charge in [-0.25, -0.2) is 0 Å². The molecule has 1 saturated heterocycles. The second kappa shape index (κ2) is 4.19. The van der Waals surface area contributed by atoms with Gasteiger partial charge in [0.15, 0.2) is 0 Å². The minimum absolute atomic E-state index is 0.288. The molecule has 2 heteroatoms. The molecule has 0 aromatic rings. The van der Waals surface area contributed by atoms with Crippen LogP contribution in [0.5, 0.6) is 0 Å². The van der Waals surface area contributed by atoms with Crippen molar-refractivity contribution in [3.05, 3.63) is 0 Å². The molecule has 0 radical (unpaired) electrons. The maximum atomic E-state index is 5.46. The van der Waals surface area contributed by atoms with Crippen LogP contribution >= 0.6 is 0 Å². The van der Waals surface area contributed by atoms with Crippen LogP contribution < -0.4 is 0 Å². The molecule has 0 N–H and O–H groups in total. The summed E-state index contributed by atoms with van der Waals surface area (Å²) in [6.45, 7) is 12.2. The molecular weight excluding hydrogens is 174 g/mol. The average molecular weight is 199 g/mol. The first-order chi connectivity index (χ1) is 6.33. The Morgan fingerprint density at radius 3 is 2.43 bits per heavy atom. The summed E-state index contributed by atoms with van der Waals surface area (Å²) < 4.78 is 5.46. The van der Waals surface area contributed by atoms with Crippen molar-refractivity contribution in [2.75, 3.05) is 26.8 Å². The van der Waals surface area contributed by atoms with E-state index in [0.29, 0.717) is 5.41 Å². The van der Waals surface area contributed by atoms with E-state index in [1.165, 1.54) is 19.4 Å². The van der Waals surface area contributed by atoms with Crippen LogP contribution in [-0.4, -0.2) is 37.2 Å². The Bertz CT molecular complexity index is 177. The van der Waals surface area contributed by atoms with Crippen molar-refractivity contribution in [1.82, 2.24) is 4.90 Å².